The number of primary amides is 1. The standard InChI is InChI=1S/C11H14Cl2N2O2/c1-17-5-4-15-10(11(14)16)8-6-7(12)2-3-9(8)13/h2-3,6,10,15H,4-5H2,1H3,(H2,14,16). The van der Waals surface area contributed by atoms with Crippen molar-refractivity contribution in [3.63, 3.8) is 0 Å². The second kappa shape index (κ2) is 6.81. The Kier molecular flexibility index (Phi) is 5.71. The summed E-state index contributed by atoms with van der Waals surface area (Å²) in [6.07, 6.45) is 0. The fourth-order valence-corrected chi connectivity index (χ4v) is 1.81. The van der Waals surface area contributed by atoms with Crippen LogP contribution in [0.5, 0.6) is 0 Å². The average molecular weight is 277 g/mol. The first-order valence-electron chi connectivity index (χ1n) is 5.03. The molecule has 1 atom stereocenters. The minimum atomic E-state index is -0.670. The lowest BCUT2D eigenvalue weighted by atomic mass is 10.1. The molecule has 0 saturated heterocycles. The molecule has 4 nitrogen and oxygen atoms in total. The van der Waals surface area contributed by atoms with Crippen molar-refractivity contribution in [2.75, 3.05) is 20.3 Å². The molecular weight excluding hydrogens is 263 g/mol. The maximum absolute atomic E-state index is 11.4. The number of nitrogens with one attached hydrogen (secondary N) is 1. The molecule has 0 spiro atoms. The van der Waals surface area contributed by atoms with E-state index in [0.717, 1.165) is 0 Å². The maximum Gasteiger partial charge on any atom is 0.239 e. The molecule has 1 rings (SSSR count). The summed E-state index contributed by atoms with van der Waals surface area (Å²) in [6.45, 7) is 0.967. The van der Waals surface area contributed by atoms with Gasteiger partial charge in [0.1, 0.15) is 6.04 Å². The molecule has 0 aromatic heterocycles. The summed E-state index contributed by atoms with van der Waals surface area (Å²) >= 11 is 11.9. The lowest BCUT2D eigenvalue weighted by Crippen LogP contribution is -2.35. The SMILES string of the molecule is COCCNC(C(N)=O)c1cc(Cl)ccc1Cl. The summed E-state index contributed by atoms with van der Waals surface area (Å²) in [7, 11) is 1.58. The second-order valence-electron chi connectivity index (χ2n) is 3.45. The Bertz CT molecular complexity index is 399. The largest absolute Gasteiger partial charge is 0.383 e. The van der Waals surface area contributed by atoms with E-state index in [-0.39, 0.29) is 0 Å². The van der Waals surface area contributed by atoms with Gasteiger partial charge in [0, 0.05) is 23.7 Å². The molecule has 0 aliphatic carbocycles. The molecule has 17 heavy (non-hydrogen) atoms. The molecule has 1 unspecified atom stereocenters. The van der Waals surface area contributed by atoms with Gasteiger partial charge in [-0.25, -0.2) is 0 Å². The first-order valence-corrected chi connectivity index (χ1v) is 5.78. The third-order valence-electron chi connectivity index (χ3n) is 2.21. The van der Waals surface area contributed by atoms with Gasteiger partial charge in [0.2, 0.25) is 5.91 Å². The fourth-order valence-electron chi connectivity index (χ4n) is 1.40. The van der Waals surface area contributed by atoms with Crippen molar-refractivity contribution in [2.45, 2.75) is 6.04 Å². The van der Waals surface area contributed by atoms with Crippen molar-refractivity contribution in [3.8, 4) is 0 Å². The van der Waals surface area contributed by atoms with Crippen LogP contribution in [0.15, 0.2) is 18.2 Å². The molecule has 0 radical (unpaired) electrons. The van der Waals surface area contributed by atoms with Gasteiger partial charge in [-0.1, -0.05) is 23.2 Å². The normalized spacial score (nSPS) is 12.4. The monoisotopic (exact) mass is 276 g/mol. The zero-order valence-corrected chi connectivity index (χ0v) is 10.9. The van der Waals surface area contributed by atoms with E-state index in [4.69, 9.17) is 33.7 Å². The summed E-state index contributed by atoms with van der Waals surface area (Å²) in [4.78, 5) is 11.4. The Balaban J connectivity index is 2.89. The molecule has 1 aromatic rings. The number of halogens is 2. The van der Waals surface area contributed by atoms with Gasteiger partial charge in [0.15, 0.2) is 0 Å². The Morgan fingerprint density at radius 3 is 2.82 bits per heavy atom. The number of methoxy groups -OCH3 is 1. The Morgan fingerprint density at radius 1 is 1.53 bits per heavy atom. The number of hydrogen-bond acceptors (Lipinski definition) is 3. The molecule has 94 valence electrons. The molecule has 0 heterocycles. The minimum absolute atomic E-state index is 0.447. The third-order valence-corrected chi connectivity index (χ3v) is 2.79. The number of rotatable bonds is 6. The van der Waals surface area contributed by atoms with Gasteiger partial charge in [-0.05, 0) is 23.8 Å². The van der Waals surface area contributed by atoms with Crippen molar-refractivity contribution in [2.24, 2.45) is 5.73 Å². The summed E-state index contributed by atoms with van der Waals surface area (Å²) in [6, 6.07) is 4.24. The minimum Gasteiger partial charge on any atom is -0.383 e. The van der Waals surface area contributed by atoms with Gasteiger partial charge in [-0.15, -0.1) is 0 Å². The lowest BCUT2D eigenvalue weighted by molar-refractivity contribution is -0.120. The van der Waals surface area contributed by atoms with Crippen LogP contribution in [0, 0.1) is 0 Å². The van der Waals surface area contributed by atoms with Crippen LogP contribution in [-0.4, -0.2) is 26.2 Å². The van der Waals surface area contributed by atoms with Crippen LogP contribution in [0.2, 0.25) is 10.0 Å². The zero-order chi connectivity index (χ0) is 12.8. The van der Waals surface area contributed by atoms with E-state index in [1.54, 1.807) is 25.3 Å². The number of amides is 1. The number of hydrogen-bond donors (Lipinski definition) is 2. The highest BCUT2D eigenvalue weighted by molar-refractivity contribution is 6.33. The van der Waals surface area contributed by atoms with Gasteiger partial charge < -0.3 is 10.5 Å². The van der Waals surface area contributed by atoms with Crippen LogP contribution in [0.3, 0.4) is 0 Å². The van der Waals surface area contributed by atoms with Crippen LogP contribution in [0.4, 0.5) is 0 Å². The molecule has 0 bridgehead atoms. The highest BCUT2D eigenvalue weighted by Gasteiger charge is 2.19. The van der Waals surface area contributed by atoms with E-state index in [0.29, 0.717) is 28.8 Å². The molecule has 1 aromatic carbocycles. The molecule has 0 aliphatic rings. The zero-order valence-electron chi connectivity index (χ0n) is 9.37. The van der Waals surface area contributed by atoms with Crippen molar-refractivity contribution in [1.82, 2.24) is 5.32 Å². The van der Waals surface area contributed by atoms with Gasteiger partial charge in [0.25, 0.3) is 0 Å². The van der Waals surface area contributed by atoms with Gasteiger partial charge >= 0.3 is 0 Å². The van der Waals surface area contributed by atoms with Crippen molar-refractivity contribution in [1.29, 1.82) is 0 Å². The van der Waals surface area contributed by atoms with E-state index in [1.807, 2.05) is 0 Å². The average Bonchev–Trinajstić information content (AvgIpc) is 2.28. The van der Waals surface area contributed by atoms with E-state index in [1.165, 1.54) is 0 Å². The van der Waals surface area contributed by atoms with Crippen LogP contribution in [0.25, 0.3) is 0 Å². The molecule has 0 fully saturated rings. The second-order valence-corrected chi connectivity index (χ2v) is 4.29. The predicted molar refractivity (Wildman–Crippen MR) is 68.3 cm³/mol. The molecule has 1 amide bonds. The van der Waals surface area contributed by atoms with Gasteiger partial charge in [-0.2, -0.15) is 0 Å². The number of benzene rings is 1. The molecule has 0 aliphatic heterocycles. The van der Waals surface area contributed by atoms with Crippen LogP contribution in [-0.2, 0) is 9.53 Å². The molecular formula is C11H14Cl2N2O2. The van der Waals surface area contributed by atoms with Crippen LogP contribution < -0.4 is 11.1 Å². The summed E-state index contributed by atoms with van der Waals surface area (Å²) < 4.78 is 4.89. The van der Waals surface area contributed by atoms with Crippen LogP contribution in [0.1, 0.15) is 11.6 Å². The lowest BCUT2D eigenvalue weighted by Gasteiger charge is -2.17. The topological polar surface area (TPSA) is 64.3 Å². The highest BCUT2D eigenvalue weighted by atomic mass is 35.5. The first kappa shape index (κ1) is 14.3. The molecule has 3 N–H and O–H groups in total. The third kappa shape index (κ3) is 4.16. The quantitative estimate of drug-likeness (QED) is 0.779. The van der Waals surface area contributed by atoms with Gasteiger partial charge in [-0.3, -0.25) is 10.1 Å². The van der Waals surface area contributed by atoms with Crippen molar-refractivity contribution in [3.05, 3.63) is 33.8 Å². The number of carbonyl (C=O) groups excluding carboxylic acids is 1. The number of nitrogens with two attached hydrogens (primary N) is 1. The van der Waals surface area contributed by atoms with E-state index in [2.05, 4.69) is 5.32 Å². The highest BCUT2D eigenvalue weighted by Crippen LogP contribution is 2.26. The van der Waals surface area contributed by atoms with Gasteiger partial charge in [0.05, 0.1) is 6.61 Å². The van der Waals surface area contributed by atoms with Crippen molar-refractivity contribution >= 4 is 29.1 Å². The van der Waals surface area contributed by atoms with E-state index in [9.17, 15) is 4.79 Å². The molecule has 0 saturated carbocycles. The summed E-state index contributed by atoms with van der Waals surface area (Å²) in [5.74, 6) is -0.509. The number of carbonyl (C=O) groups is 1. The summed E-state index contributed by atoms with van der Waals surface area (Å²) in [5, 5.41) is 3.91. The first-order chi connectivity index (χ1) is 8.06. The smallest absolute Gasteiger partial charge is 0.239 e. The van der Waals surface area contributed by atoms with Crippen LogP contribution >= 0.6 is 23.2 Å². The summed E-state index contributed by atoms with van der Waals surface area (Å²) in [5.41, 5.74) is 5.90. The molecule has 6 heteroatoms. The number of ether oxygens (including phenoxy) is 1. The Morgan fingerprint density at radius 2 is 2.24 bits per heavy atom. The Labute approximate surface area is 110 Å². The fraction of sp³-hybridized carbons (Fsp3) is 0.364. The van der Waals surface area contributed by atoms with Crippen molar-refractivity contribution < 1.29 is 9.53 Å². The predicted octanol–water partition coefficient (Wildman–Crippen LogP) is 1.76. The van der Waals surface area contributed by atoms with E-state index >= 15 is 0 Å². The Hall–Kier alpha value is -0.810. The maximum atomic E-state index is 11.4. The van der Waals surface area contributed by atoms with E-state index < -0.39 is 11.9 Å².